The van der Waals surface area contributed by atoms with E-state index in [4.69, 9.17) is 23.4 Å². The second-order valence-electron chi connectivity index (χ2n) is 14.6. The van der Waals surface area contributed by atoms with Crippen molar-refractivity contribution in [1.29, 1.82) is 0 Å². The zero-order valence-electron chi connectivity index (χ0n) is 28.9. The van der Waals surface area contributed by atoms with E-state index >= 15 is 0 Å². The first-order valence-corrected chi connectivity index (χ1v) is 19.5. The maximum absolute atomic E-state index is 13.9. The lowest BCUT2D eigenvalue weighted by molar-refractivity contribution is -0.149. The number of aliphatic hydroxyl groups is 1. The van der Waals surface area contributed by atoms with Crippen molar-refractivity contribution in [2.75, 3.05) is 32.9 Å². The highest BCUT2D eigenvalue weighted by atomic mass is 28.4. The van der Waals surface area contributed by atoms with Crippen LogP contribution in [0, 0.1) is 0 Å². The Labute approximate surface area is 281 Å². The molecule has 1 heterocycles. The van der Waals surface area contributed by atoms with E-state index in [1.807, 2.05) is 68.4 Å². The van der Waals surface area contributed by atoms with Crippen LogP contribution in [0.5, 0.6) is 0 Å². The summed E-state index contributed by atoms with van der Waals surface area (Å²) in [4.78, 5) is 15.4. The van der Waals surface area contributed by atoms with Crippen LogP contribution in [-0.4, -0.2) is 81.4 Å². The molecule has 1 N–H and O–H groups in total. The molecule has 5 rings (SSSR count). The van der Waals surface area contributed by atoms with Crippen LogP contribution in [0.1, 0.15) is 57.2 Å². The summed E-state index contributed by atoms with van der Waals surface area (Å²) in [5.74, 6) is -0.931. The van der Waals surface area contributed by atoms with Gasteiger partial charge in [0.2, 0.25) is 0 Å². The number of nitrogens with zero attached hydrogens (tertiary/aromatic N) is 1. The molecule has 3 aromatic rings. The molecule has 0 saturated carbocycles. The van der Waals surface area contributed by atoms with Gasteiger partial charge in [0, 0.05) is 5.92 Å². The number of carbonyl (C=O) groups excluding carboxylic acids is 1. The number of hydrogen-bond donors (Lipinski definition) is 1. The topological polar surface area (TPSA) is 86.7 Å². The molecule has 1 saturated heterocycles. The van der Waals surface area contributed by atoms with Crippen molar-refractivity contribution < 1.29 is 33.3 Å². The summed E-state index contributed by atoms with van der Waals surface area (Å²) >= 11 is 0. The SMILES string of the molecule is CC1(C)O[C@@H](CN(CC(O)COCc2ccccc2)C(=O)OCC2c3ccccc3-c3ccccc32)[C@@H](CO[Si](C)(C)C(C)(C)C)O1. The molecular weight excluding hydrogens is 611 g/mol. The van der Waals surface area contributed by atoms with E-state index in [0.29, 0.717) is 13.2 Å². The maximum atomic E-state index is 13.9. The third-order valence-electron chi connectivity index (χ3n) is 9.55. The van der Waals surface area contributed by atoms with Gasteiger partial charge in [0.05, 0.1) is 39.0 Å². The molecule has 9 heteroatoms. The smallest absolute Gasteiger partial charge is 0.409 e. The Kier molecular flexibility index (Phi) is 11.0. The first-order chi connectivity index (χ1) is 22.2. The highest BCUT2D eigenvalue weighted by Gasteiger charge is 2.45. The first-order valence-electron chi connectivity index (χ1n) is 16.6. The lowest BCUT2D eigenvalue weighted by Crippen LogP contribution is -2.48. The van der Waals surface area contributed by atoms with Crippen LogP contribution in [0.4, 0.5) is 4.79 Å². The van der Waals surface area contributed by atoms with Gasteiger partial charge >= 0.3 is 6.09 Å². The normalized spacial score (nSPS) is 19.7. The Bertz CT molecular complexity index is 1440. The Morgan fingerprint density at radius 2 is 1.47 bits per heavy atom. The van der Waals surface area contributed by atoms with Crippen LogP contribution >= 0.6 is 0 Å². The summed E-state index contributed by atoms with van der Waals surface area (Å²) in [7, 11) is -2.06. The zero-order valence-corrected chi connectivity index (χ0v) is 29.9. The maximum Gasteiger partial charge on any atom is 0.409 e. The predicted octanol–water partition coefficient (Wildman–Crippen LogP) is 7.36. The highest BCUT2D eigenvalue weighted by molar-refractivity contribution is 6.74. The van der Waals surface area contributed by atoms with Gasteiger partial charge in [0.25, 0.3) is 0 Å². The Morgan fingerprint density at radius 3 is 2.09 bits per heavy atom. The van der Waals surface area contributed by atoms with Gasteiger partial charge in [0.15, 0.2) is 14.1 Å². The molecule has 1 unspecified atom stereocenters. The molecule has 0 spiro atoms. The van der Waals surface area contributed by atoms with Gasteiger partial charge in [-0.2, -0.15) is 0 Å². The molecule has 47 heavy (non-hydrogen) atoms. The lowest BCUT2D eigenvalue weighted by atomic mass is 9.98. The van der Waals surface area contributed by atoms with Crippen molar-refractivity contribution in [1.82, 2.24) is 4.90 Å². The highest BCUT2D eigenvalue weighted by Crippen LogP contribution is 2.44. The largest absolute Gasteiger partial charge is 0.448 e. The Hall–Kier alpha value is -3.05. The van der Waals surface area contributed by atoms with Crippen LogP contribution in [0.2, 0.25) is 18.1 Å². The zero-order chi connectivity index (χ0) is 33.8. The van der Waals surface area contributed by atoms with E-state index < -0.39 is 38.5 Å². The molecule has 1 aliphatic carbocycles. The first kappa shape index (κ1) is 35.3. The number of rotatable bonds is 13. The number of amides is 1. The molecule has 3 aromatic carbocycles. The Balaban J connectivity index is 1.29. The third kappa shape index (κ3) is 8.71. The van der Waals surface area contributed by atoms with Gasteiger partial charge in [-0.1, -0.05) is 99.6 Å². The fourth-order valence-electron chi connectivity index (χ4n) is 6.03. The summed E-state index contributed by atoms with van der Waals surface area (Å²) in [6.45, 7) is 15.9. The molecule has 8 nitrogen and oxygen atoms in total. The molecule has 254 valence electrons. The van der Waals surface area contributed by atoms with Crippen LogP contribution in [0.15, 0.2) is 78.9 Å². The Morgan fingerprint density at radius 1 is 0.894 bits per heavy atom. The second kappa shape index (κ2) is 14.6. The number of ether oxygens (including phenoxy) is 4. The lowest BCUT2D eigenvalue weighted by Gasteiger charge is -2.37. The van der Waals surface area contributed by atoms with Gasteiger partial charge < -0.3 is 33.4 Å². The van der Waals surface area contributed by atoms with E-state index in [9.17, 15) is 9.90 Å². The second-order valence-corrected chi connectivity index (χ2v) is 19.5. The number of benzene rings is 3. The number of aliphatic hydroxyl groups excluding tert-OH is 1. The minimum atomic E-state index is -2.06. The summed E-state index contributed by atoms with van der Waals surface area (Å²) in [5.41, 5.74) is 5.61. The molecular formula is C38H51NO7Si. The van der Waals surface area contributed by atoms with Crippen molar-refractivity contribution in [3.05, 3.63) is 95.6 Å². The fourth-order valence-corrected chi connectivity index (χ4v) is 7.05. The molecule has 0 aromatic heterocycles. The van der Waals surface area contributed by atoms with Gasteiger partial charge in [-0.3, -0.25) is 0 Å². The molecule has 3 atom stereocenters. The monoisotopic (exact) mass is 661 g/mol. The third-order valence-corrected chi connectivity index (χ3v) is 14.0. The summed E-state index contributed by atoms with van der Waals surface area (Å²) in [6.07, 6.45) is -2.33. The van der Waals surface area contributed by atoms with E-state index in [1.165, 1.54) is 4.90 Å². The average Bonchev–Trinajstić information content (AvgIpc) is 3.50. The minimum absolute atomic E-state index is 0.0154. The van der Waals surface area contributed by atoms with Crippen molar-refractivity contribution in [3.63, 3.8) is 0 Å². The van der Waals surface area contributed by atoms with E-state index in [1.54, 1.807) is 0 Å². The van der Waals surface area contributed by atoms with Crippen molar-refractivity contribution in [2.24, 2.45) is 0 Å². The van der Waals surface area contributed by atoms with Crippen LogP contribution in [-0.2, 0) is 30.0 Å². The summed E-state index contributed by atoms with van der Waals surface area (Å²) < 4.78 is 31.0. The summed E-state index contributed by atoms with van der Waals surface area (Å²) in [5, 5.41) is 11.1. The molecule has 0 bridgehead atoms. The van der Waals surface area contributed by atoms with Gasteiger partial charge in [-0.25, -0.2) is 4.79 Å². The van der Waals surface area contributed by atoms with Gasteiger partial charge in [-0.15, -0.1) is 0 Å². The molecule has 2 aliphatic rings. The molecule has 0 radical (unpaired) electrons. The van der Waals surface area contributed by atoms with Gasteiger partial charge in [-0.05, 0) is 59.8 Å². The predicted molar refractivity (Wildman–Crippen MR) is 186 cm³/mol. The number of fused-ring (bicyclic) bond motifs is 3. The van der Waals surface area contributed by atoms with E-state index in [0.717, 1.165) is 27.8 Å². The van der Waals surface area contributed by atoms with Crippen LogP contribution in [0.3, 0.4) is 0 Å². The molecule has 1 fully saturated rings. The quantitative estimate of drug-likeness (QED) is 0.192. The number of hydrogen-bond acceptors (Lipinski definition) is 7. The number of carbonyl (C=O) groups is 1. The van der Waals surface area contributed by atoms with E-state index in [-0.39, 0.29) is 37.3 Å². The van der Waals surface area contributed by atoms with Crippen molar-refractivity contribution in [3.8, 4) is 11.1 Å². The van der Waals surface area contributed by atoms with Crippen molar-refractivity contribution in [2.45, 2.75) is 89.4 Å². The van der Waals surface area contributed by atoms with Crippen LogP contribution in [0.25, 0.3) is 11.1 Å². The average molecular weight is 662 g/mol. The molecule has 1 aliphatic heterocycles. The van der Waals surface area contributed by atoms with Crippen molar-refractivity contribution >= 4 is 14.4 Å². The van der Waals surface area contributed by atoms with E-state index in [2.05, 4.69) is 58.1 Å². The minimum Gasteiger partial charge on any atom is -0.448 e. The standard InChI is InChI=1S/C38H51NO7Si/c1-37(2,3)47(6,7)44-26-35-34(45-38(4,5)46-35)22-39(21-28(40)24-42-23-27-15-9-8-10-16-27)36(41)43-25-33-31-19-13-11-17-29(31)30-18-12-14-20-32(30)33/h8-20,28,33-35,40H,21-26H2,1-7H3/t28?,34-,35+/m0/s1. The fraction of sp³-hybridized carbons (Fsp3) is 0.500. The van der Waals surface area contributed by atoms with Gasteiger partial charge in [0.1, 0.15) is 18.8 Å². The summed E-state index contributed by atoms with van der Waals surface area (Å²) in [6, 6.07) is 26.3. The molecule has 1 amide bonds. The van der Waals surface area contributed by atoms with Crippen LogP contribution < -0.4 is 0 Å².